The van der Waals surface area contributed by atoms with E-state index in [1.807, 2.05) is 6.07 Å². The Balaban J connectivity index is 1.76. The molecule has 1 aliphatic heterocycles. The maximum Gasteiger partial charge on any atom is 0.308 e. The number of fused-ring (bicyclic) bond motifs is 4. The number of carbonyl (C=O) groups is 3. The Morgan fingerprint density at radius 2 is 1.26 bits per heavy atom. The van der Waals surface area contributed by atoms with Crippen LogP contribution in [0.4, 0.5) is 0 Å². The molecule has 2 aromatic rings. The van der Waals surface area contributed by atoms with Gasteiger partial charge in [0.2, 0.25) is 0 Å². The summed E-state index contributed by atoms with van der Waals surface area (Å²) < 4.78 is 23.5. The second-order valence-corrected chi connectivity index (χ2v) is 11.7. The molecule has 0 aromatic heterocycles. The van der Waals surface area contributed by atoms with Crippen LogP contribution in [0.1, 0.15) is 89.7 Å². The van der Waals surface area contributed by atoms with E-state index in [0.29, 0.717) is 22.8 Å². The molecule has 9 heteroatoms. The third-order valence-electron chi connectivity index (χ3n) is 8.38. The van der Waals surface area contributed by atoms with Crippen LogP contribution in [0.25, 0.3) is 0 Å². The number of hydrogen-bond donors (Lipinski definition) is 0. The van der Waals surface area contributed by atoms with Crippen molar-refractivity contribution in [2.75, 3.05) is 0 Å². The lowest BCUT2D eigenvalue weighted by molar-refractivity contribution is -0.133. The van der Waals surface area contributed by atoms with Crippen molar-refractivity contribution in [2.45, 2.75) is 89.6 Å². The first-order valence-corrected chi connectivity index (χ1v) is 14.2. The molecule has 2 aromatic carbocycles. The fourth-order valence-electron chi connectivity index (χ4n) is 7.13. The smallest absolute Gasteiger partial charge is 0.308 e. The third kappa shape index (κ3) is 5.00. The molecule has 208 valence electrons. The van der Waals surface area contributed by atoms with E-state index >= 15 is 0 Å². The van der Waals surface area contributed by atoms with E-state index in [0.717, 1.165) is 56.9 Å². The minimum atomic E-state index is -0.882. The number of benzene rings is 2. The van der Waals surface area contributed by atoms with Crippen molar-refractivity contribution in [3.63, 3.8) is 0 Å². The molecule has 0 bridgehead atoms. The predicted molar refractivity (Wildman–Crippen MR) is 146 cm³/mol. The molecule has 3 aliphatic rings. The molecule has 2 atom stereocenters. The Morgan fingerprint density at radius 1 is 0.718 bits per heavy atom. The number of rotatable bonds is 4. The normalized spacial score (nSPS) is 23.2. The van der Waals surface area contributed by atoms with Crippen molar-refractivity contribution in [3.8, 4) is 23.0 Å². The van der Waals surface area contributed by atoms with E-state index in [9.17, 15) is 14.4 Å². The molecule has 1 heterocycles. The van der Waals surface area contributed by atoms with Gasteiger partial charge in [0.25, 0.3) is 0 Å². The van der Waals surface area contributed by atoms with E-state index in [1.165, 1.54) is 26.8 Å². The Morgan fingerprint density at radius 3 is 1.87 bits per heavy atom. The molecule has 0 N–H and O–H groups in total. The number of halogens is 2. The van der Waals surface area contributed by atoms with Crippen LogP contribution in [0, 0.1) is 5.92 Å². The van der Waals surface area contributed by atoms with Gasteiger partial charge in [0.1, 0.15) is 17.1 Å². The van der Waals surface area contributed by atoms with Gasteiger partial charge in [-0.05, 0) is 44.2 Å². The van der Waals surface area contributed by atoms with Crippen LogP contribution in [0.2, 0.25) is 10.0 Å². The zero-order chi connectivity index (χ0) is 27.9. The zero-order valence-corrected chi connectivity index (χ0v) is 23.9. The highest BCUT2D eigenvalue weighted by molar-refractivity contribution is 6.32. The maximum absolute atomic E-state index is 12.2. The van der Waals surface area contributed by atoms with Gasteiger partial charge in [0, 0.05) is 55.4 Å². The lowest BCUT2D eigenvalue weighted by atomic mass is 9.51. The summed E-state index contributed by atoms with van der Waals surface area (Å²) in [7, 11) is 0. The first-order chi connectivity index (χ1) is 18.6. The van der Waals surface area contributed by atoms with Gasteiger partial charge in [-0.2, -0.15) is 0 Å². The highest BCUT2D eigenvalue weighted by Gasteiger charge is 2.60. The van der Waals surface area contributed by atoms with Crippen LogP contribution >= 0.6 is 23.2 Å². The van der Waals surface area contributed by atoms with Gasteiger partial charge in [-0.1, -0.05) is 48.9 Å². The van der Waals surface area contributed by atoms with E-state index in [4.69, 9.17) is 42.1 Å². The highest BCUT2D eigenvalue weighted by Crippen LogP contribution is 2.65. The molecule has 5 rings (SSSR count). The molecule has 0 unspecified atom stereocenters. The molecule has 0 amide bonds. The first kappa shape index (κ1) is 27.8. The standard InChI is InChI=1S/C30H32Cl2O7/c1-17(33)36-24-15-26(37-18(2)34)23(32)14-21(24)30-12-8-5-9-28(30)29(10-6-4-7-11-29)20-13-22(31)27(38-19(3)35)16-25(20)39-30/h13-16,28H,4-12H2,1-3H3/t28-,30-/m0/s1. The Hall–Kier alpha value is -2.77. The van der Waals surface area contributed by atoms with Crippen molar-refractivity contribution in [1.82, 2.24) is 0 Å². The molecule has 0 saturated heterocycles. The molecule has 7 nitrogen and oxygen atoms in total. The van der Waals surface area contributed by atoms with Gasteiger partial charge in [0.15, 0.2) is 11.5 Å². The molecular formula is C30H32Cl2O7. The monoisotopic (exact) mass is 574 g/mol. The average molecular weight is 575 g/mol. The van der Waals surface area contributed by atoms with Gasteiger partial charge < -0.3 is 18.9 Å². The summed E-state index contributed by atoms with van der Waals surface area (Å²) in [6, 6.07) is 6.82. The molecule has 2 fully saturated rings. The summed E-state index contributed by atoms with van der Waals surface area (Å²) in [4.78, 5) is 35.8. The lowest BCUT2D eigenvalue weighted by Crippen LogP contribution is -2.57. The second-order valence-electron chi connectivity index (χ2n) is 10.8. The van der Waals surface area contributed by atoms with Crippen LogP contribution in [-0.2, 0) is 25.4 Å². The van der Waals surface area contributed by atoms with Crippen LogP contribution in [0.15, 0.2) is 24.3 Å². The number of carbonyl (C=O) groups excluding carboxylic acids is 3. The van der Waals surface area contributed by atoms with Crippen molar-refractivity contribution in [1.29, 1.82) is 0 Å². The largest absolute Gasteiger partial charge is 0.482 e. The zero-order valence-electron chi connectivity index (χ0n) is 22.4. The maximum atomic E-state index is 12.2. The first-order valence-electron chi connectivity index (χ1n) is 13.5. The molecule has 2 saturated carbocycles. The summed E-state index contributed by atoms with van der Waals surface area (Å²) in [5.74, 6) is -0.275. The summed E-state index contributed by atoms with van der Waals surface area (Å²) in [5.41, 5.74) is 0.553. The Kier molecular flexibility index (Phi) is 7.59. The summed E-state index contributed by atoms with van der Waals surface area (Å²) in [6.45, 7) is 3.94. The quantitative estimate of drug-likeness (QED) is 0.276. The average Bonchev–Trinajstić information content (AvgIpc) is 2.87. The third-order valence-corrected chi connectivity index (χ3v) is 8.97. The van der Waals surface area contributed by atoms with Crippen molar-refractivity contribution in [2.24, 2.45) is 5.92 Å². The number of esters is 3. The lowest BCUT2D eigenvalue weighted by Gasteiger charge is -2.59. The van der Waals surface area contributed by atoms with Gasteiger partial charge in [0.05, 0.1) is 10.0 Å². The molecule has 2 aliphatic carbocycles. The summed E-state index contributed by atoms with van der Waals surface area (Å²) in [5, 5.41) is 0.591. The molecule has 0 radical (unpaired) electrons. The minimum absolute atomic E-state index is 0.0483. The number of hydrogen-bond acceptors (Lipinski definition) is 7. The summed E-state index contributed by atoms with van der Waals surface area (Å²) in [6.07, 6.45) is 8.72. The van der Waals surface area contributed by atoms with E-state index in [2.05, 4.69) is 0 Å². The van der Waals surface area contributed by atoms with Crippen molar-refractivity contribution in [3.05, 3.63) is 45.4 Å². The van der Waals surface area contributed by atoms with E-state index in [1.54, 1.807) is 12.1 Å². The molecule has 39 heavy (non-hydrogen) atoms. The molecular weight excluding hydrogens is 543 g/mol. The van der Waals surface area contributed by atoms with Gasteiger partial charge in [-0.25, -0.2) is 0 Å². The van der Waals surface area contributed by atoms with Crippen molar-refractivity contribution < 1.29 is 33.3 Å². The Bertz CT molecular complexity index is 1330. The second kappa shape index (κ2) is 10.7. The highest BCUT2D eigenvalue weighted by atomic mass is 35.5. The summed E-state index contributed by atoms with van der Waals surface area (Å²) >= 11 is 13.3. The van der Waals surface area contributed by atoms with Crippen molar-refractivity contribution >= 4 is 41.1 Å². The van der Waals surface area contributed by atoms with Crippen LogP contribution in [0.3, 0.4) is 0 Å². The topological polar surface area (TPSA) is 88.1 Å². The van der Waals surface area contributed by atoms with Crippen LogP contribution < -0.4 is 18.9 Å². The van der Waals surface area contributed by atoms with Crippen LogP contribution in [0.5, 0.6) is 23.0 Å². The van der Waals surface area contributed by atoms with E-state index in [-0.39, 0.29) is 33.6 Å². The van der Waals surface area contributed by atoms with Gasteiger partial charge >= 0.3 is 17.9 Å². The van der Waals surface area contributed by atoms with Gasteiger partial charge in [-0.15, -0.1) is 0 Å². The fourth-order valence-corrected chi connectivity index (χ4v) is 7.53. The minimum Gasteiger partial charge on any atom is -0.482 e. The molecule has 1 spiro atoms. The Labute approximate surface area is 238 Å². The van der Waals surface area contributed by atoms with E-state index < -0.39 is 23.5 Å². The van der Waals surface area contributed by atoms with Crippen LogP contribution in [-0.4, -0.2) is 17.9 Å². The van der Waals surface area contributed by atoms with Gasteiger partial charge in [-0.3, -0.25) is 14.4 Å². The fraction of sp³-hybridized carbons (Fsp3) is 0.500. The SMILES string of the molecule is CC(=O)Oc1cc2c(cc1Cl)C1(CCCCC1)[C@@H]1CCCC[C@@]1(c1cc(Cl)c(OC(C)=O)cc1OC(C)=O)O2. The number of ether oxygens (including phenoxy) is 4. The predicted octanol–water partition coefficient (Wildman–Crippen LogP) is 7.45.